The second kappa shape index (κ2) is 4.50. The van der Waals surface area contributed by atoms with Crippen molar-refractivity contribution in [3.05, 3.63) is 36.1 Å². The van der Waals surface area contributed by atoms with E-state index in [4.69, 9.17) is 5.73 Å². The van der Waals surface area contributed by atoms with Crippen LogP contribution in [0.15, 0.2) is 36.1 Å². The Morgan fingerprint density at radius 3 is 2.36 bits per heavy atom. The summed E-state index contributed by atoms with van der Waals surface area (Å²) in [6.07, 6.45) is 5.24. The van der Waals surface area contributed by atoms with E-state index in [1.54, 1.807) is 12.2 Å². The molecule has 0 spiro atoms. The molecule has 0 bridgehead atoms. The Morgan fingerprint density at radius 2 is 2.09 bits per heavy atom. The molecule has 2 nitrogen and oxygen atoms in total. The highest BCUT2D eigenvalue weighted by Gasteiger charge is 2.02. The molecule has 0 aliphatic rings. The molecule has 0 atom stereocenters. The third-order valence-corrected chi connectivity index (χ3v) is 1.18. The van der Waals surface area contributed by atoms with Crippen LogP contribution in [0.1, 0.15) is 13.8 Å². The van der Waals surface area contributed by atoms with Crippen molar-refractivity contribution in [2.75, 3.05) is 0 Å². The van der Waals surface area contributed by atoms with Crippen LogP contribution >= 0.6 is 0 Å². The molecule has 0 aliphatic carbocycles. The number of allylic oxidation sites excluding steroid dienone is 4. The molecule has 0 unspecified atom stereocenters. The first-order valence-corrected chi connectivity index (χ1v) is 3.38. The largest absolute Gasteiger partial charge is 0.399 e. The molecule has 0 radical (unpaired) electrons. The standard InChI is InChI=1S/C9H13NO/c1-4-5-6-9(7(2)10)8(3)11/h4-6H,2,10H2,1,3H3/b5-4-,9-6+. The first-order valence-electron chi connectivity index (χ1n) is 3.38. The SMILES string of the molecule is C=C(N)/C(=C\C=C/C)C(C)=O. The minimum atomic E-state index is -0.0596. The van der Waals surface area contributed by atoms with Gasteiger partial charge >= 0.3 is 0 Å². The summed E-state index contributed by atoms with van der Waals surface area (Å²) in [5.74, 6) is -0.0596. The van der Waals surface area contributed by atoms with E-state index in [0.717, 1.165) is 0 Å². The summed E-state index contributed by atoms with van der Waals surface area (Å²) in [5, 5.41) is 0. The van der Waals surface area contributed by atoms with E-state index in [1.807, 2.05) is 13.0 Å². The quantitative estimate of drug-likeness (QED) is 0.491. The number of ketones is 1. The van der Waals surface area contributed by atoms with Crippen molar-refractivity contribution in [2.45, 2.75) is 13.8 Å². The summed E-state index contributed by atoms with van der Waals surface area (Å²) in [7, 11) is 0. The highest BCUT2D eigenvalue weighted by Crippen LogP contribution is 2.02. The van der Waals surface area contributed by atoms with Gasteiger partial charge in [-0.1, -0.05) is 18.7 Å². The van der Waals surface area contributed by atoms with Crippen LogP contribution in [0.4, 0.5) is 0 Å². The molecular weight excluding hydrogens is 138 g/mol. The second-order valence-corrected chi connectivity index (χ2v) is 2.19. The van der Waals surface area contributed by atoms with Crippen molar-refractivity contribution < 1.29 is 4.79 Å². The zero-order valence-corrected chi connectivity index (χ0v) is 6.92. The molecule has 2 N–H and O–H groups in total. The molecule has 0 aromatic rings. The van der Waals surface area contributed by atoms with Crippen LogP contribution in [0.3, 0.4) is 0 Å². The van der Waals surface area contributed by atoms with E-state index in [0.29, 0.717) is 11.3 Å². The van der Waals surface area contributed by atoms with Gasteiger partial charge < -0.3 is 5.73 Å². The highest BCUT2D eigenvalue weighted by molar-refractivity contribution is 5.97. The van der Waals surface area contributed by atoms with E-state index in [-0.39, 0.29) is 5.78 Å². The Hall–Kier alpha value is -1.31. The van der Waals surface area contributed by atoms with E-state index in [2.05, 4.69) is 6.58 Å². The van der Waals surface area contributed by atoms with Crippen LogP contribution in [-0.2, 0) is 4.79 Å². The van der Waals surface area contributed by atoms with Gasteiger partial charge in [-0.15, -0.1) is 0 Å². The molecule has 0 heterocycles. The Morgan fingerprint density at radius 1 is 1.55 bits per heavy atom. The van der Waals surface area contributed by atoms with Crippen LogP contribution in [0.2, 0.25) is 0 Å². The van der Waals surface area contributed by atoms with Gasteiger partial charge in [-0.2, -0.15) is 0 Å². The van der Waals surface area contributed by atoms with Crippen molar-refractivity contribution >= 4 is 5.78 Å². The van der Waals surface area contributed by atoms with Crippen molar-refractivity contribution in [3.8, 4) is 0 Å². The maximum Gasteiger partial charge on any atom is 0.161 e. The van der Waals surface area contributed by atoms with Gasteiger partial charge in [0.2, 0.25) is 0 Å². The summed E-state index contributed by atoms with van der Waals surface area (Å²) in [6, 6.07) is 0. The molecule has 11 heavy (non-hydrogen) atoms. The Balaban J connectivity index is 4.60. The zero-order chi connectivity index (χ0) is 8.85. The van der Waals surface area contributed by atoms with E-state index >= 15 is 0 Å². The van der Waals surface area contributed by atoms with Gasteiger partial charge in [0.05, 0.1) is 0 Å². The van der Waals surface area contributed by atoms with Gasteiger partial charge in [-0.3, -0.25) is 4.79 Å². The van der Waals surface area contributed by atoms with Crippen molar-refractivity contribution in [1.82, 2.24) is 0 Å². The average molecular weight is 151 g/mol. The molecule has 60 valence electrons. The van der Waals surface area contributed by atoms with Crippen molar-refractivity contribution in [2.24, 2.45) is 5.73 Å². The third kappa shape index (κ3) is 3.40. The number of nitrogens with two attached hydrogens (primary N) is 1. The normalized spacial score (nSPS) is 12.0. The molecule has 0 aliphatic heterocycles. The summed E-state index contributed by atoms with van der Waals surface area (Å²) < 4.78 is 0. The fourth-order valence-corrected chi connectivity index (χ4v) is 0.643. The highest BCUT2D eigenvalue weighted by atomic mass is 16.1. The Labute approximate surface area is 67.1 Å². The topological polar surface area (TPSA) is 43.1 Å². The van der Waals surface area contributed by atoms with E-state index in [1.165, 1.54) is 6.92 Å². The maximum atomic E-state index is 10.8. The molecule has 0 rings (SSSR count). The van der Waals surface area contributed by atoms with Gasteiger partial charge in [-0.05, 0) is 19.9 Å². The third-order valence-electron chi connectivity index (χ3n) is 1.18. The van der Waals surface area contributed by atoms with Crippen molar-refractivity contribution in [1.29, 1.82) is 0 Å². The number of rotatable bonds is 3. The number of hydrogen-bond donors (Lipinski definition) is 1. The fraction of sp³-hybridized carbons (Fsp3) is 0.222. The first-order chi connectivity index (χ1) is 5.09. The lowest BCUT2D eigenvalue weighted by Gasteiger charge is -1.98. The number of carbonyl (C=O) groups is 1. The molecule has 0 fully saturated rings. The second-order valence-electron chi connectivity index (χ2n) is 2.19. The van der Waals surface area contributed by atoms with E-state index < -0.39 is 0 Å². The summed E-state index contributed by atoms with van der Waals surface area (Å²) in [4.78, 5) is 10.8. The fourth-order valence-electron chi connectivity index (χ4n) is 0.643. The predicted octanol–water partition coefficient (Wildman–Crippen LogP) is 1.55. The van der Waals surface area contributed by atoms with Gasteiger partial charge in [0, 0.05) is 11.3 Å². The van der Waals surface area contributed by atoms with Gasteiger partial charge in [0.25, 0.3) is 0 Å². The molecular formula is C9H13NO. The van der Waals surface area contributed by atoms with Gasteiger partial charge in [0.15, 0.2) is 5.78 Å². The minimum Gasteiger partial charge on any atom is -0.399 e. The molecule has 0 saturated carbocycles. The number of hydrogen-bond acceptors (Lipinski definition) is 2. The zero-order valence-electron chi connectivity index (χ0n) is 6.92. The predicted molar refractivity (Wildman–Crippen MR) is 46.9 cm³/mol. The Kier molecular flexibility index (Phi) is 3.96. The maximum absolute atomic E-state index is 10.8. The number of carbonyl (C=O) groups excluding carboxylic acids is 1. The average Bonchev–Trinajstić information content (AvgIpc) is 1.87. The monoisotopic (exact) mass is 151 g/mol. The van der Waals surface area contributed by atoms with Crippen LogP contribution in [0.5, 0.6) is 0 Å². The van der Waals surface area contributed by atoms with Crippen LogP contribution in [0.25, 0.3) is 0 Å². The lowest BCUT2D eigenvalue weighted by atomic mass is 10.1. The van der Waals surface area contributed by atoms with Gasteiger partial charge in [-0.25, -0.2) is 0 Å². The van der Waals surface area contributed by atoms with Crippen molar-refractivity contribution in [3.63, 3.8) is 0 Å². The van der Waals surface area contributed by atoms with Crippen LogP contribution in [-0.4, -0.2) is 5.78 Å². The smallest absolute Gasteiger partial charge is 0.161 e. The molecule has 0 aromatic carbocycles. The summed E-state index contributed by atoms with van der Waals surface area (Å²) in [6.45, 7) is 6.82. The molecule has 0 aromatic heterocycles. The summed E-state index contributed by atoms with van der Waals surface area (Å²) in [5.41, 5.74) is 6.15. The van der Waals surface area contributed by atoms with Crippen LogP contribution < -0.4 is 5.73 Å². The lowest BCUT2D eigenvalue weighted by molar-refractivity contribution is -0.113. The van der Waals surface area contributed by atoms with Crippen LogP contribution in [0, 0.1) is 0 Å². The van der Waals surface area contributed by atoms with E-state index in [9.17, 15) is 4.79 Å². The summed E-state index contributed by atoms with van der Waals surface area (Å²) >= 11 is 0. The Bertz CT molecular complexity index is 208. The molecule has 0 amide bonds. The molecule has 0 saturated heterocycles. The minimum absolute atomic E-state index is 0.0596. The number of Topliss-reactive ketones (excluding diaryl/α,β-unsaturated/α-hetero) is 1. The van der Waals surface area contributed by atoms with Gasteiger partial charge in [0.1, 0.15) is 0 Å². The first kappa shape index (κ1) is 9.69. The molecule has 2 heteroatoms. The lowest BCUT2D eigenvalue weighted by Crippen LogP contribution is -2.06.